The van der Waals surface area contributed by atoms with E-state index in [9.17, 15) is 0 Å². The molecule has 0 aromatic carbocycles. The van der Waals surface area contributed by atoms with Crippen LogP contribution in [-0.4, -0.2) is 27.3 Å². The summed E-state index contributed by atoms with van der Waals surface area (Å²) in [5, 5.41) is 18.0. The molecular weight excluding hydrogens is 171 g/mol. The SMILES string of the molecule is OB(O)Oc1cncc2[nH]ccc12. The number of nitrogens with one attached hydrogen (secondary N) is 1. The zero-order valence-corrected chi connectivity index (χ0v) is 6.64. The van der Waals surface area contributed by atoms with E-state index in [4.69, 9.17) is 14.7 Å². The van der Waals surface area contributed by atoms with Gasteiger partial charge in [0.05, 0.1) is 17.9 Å². The number of aromatic amines is 1. The summed E-state index contributed by atoms with van der Waals surface area (Å²) in [6, 6.07) is 1.77. The van der Waals surface area contributed by atoms with Gasteiger partial charge in [-0.15, -0.1) is 0 Å². The fourth-order valence-electron chi connectivity index (χ4n) is 1.16. The molecule has 0 bridgehead atoms. The van der Waals surface area contributed by atoms with Crippen molar-refractivity contribution in [3.8, 4) is 5.75 Å². The van der Waals surface area contributed by atoms with Crippen LogP contribution in [0.1, 0.15) is 0 Å². The van der Waals surface area contributed by atoms with Gasteiger partial charge >= 0.3 is 7.32 Å². The molecule has 2 aromatic rings. The maximum Gasteiger partial charge on any atom is 0.707 e. The molecule has 3 N–H and O–H groups in total. The Morgan fingerprint density at radius 1 is 1.38 bits per heavy atom. The highest BCUT2D eigenvalue weighted by Gasteiger charge is 2.13. The van der Waals surface area contributed by atoms with E-state index in [1.54, 1.807) is 18.5 Å². The minimum absolute atomic E-state index is 0.341. The van der Waals surface area contributed by atoms with Gasteiger partial charge in [0.2, 0.25) is 0 Å². The molecule has 0 spiro atoms. The Bertz CT molecular complexity index is 415. The van der Waals surface area contributed by atoms with Gasteiger partial charge in [-0.3, -0.25) is 4.98 Å². The normalized spacial score (nSPS) is 10.3. The number of fused-ring (bicyclic) bond motifs is 1. The van der Waals surface area contributed by atoms with Crippen molar-refractivity contribution in [3.05, 3.63) is 24.7 Å². The van der Waals surface area contributed by atoms with Crippen LogP contribution in [0.5, 0.6) is 5.75 Å². The lowest BCUT2D eigenvalue weighted by Crippen LogP contribution is -2.20. The van der Waals surface area contributed by atoms with Crippen molar-refractivity contribution in [3.63, 3.8) is 0 Å². The predicted molar refractivity (Wildman–Crippen MR) is 46.9 cm³/mol. The second-order valence-electron chi connectivity index (χ2n) is 2.52. The lowest BCUT2D eigenvalue weighted by atomic mass is 10.2. The highest BCUT2D eigenvalue weighted by molar-refractivity contribution is 6.34. The summed E-state index contributed by atoms with van der Waals surface area (Å²) in [6.07, 6.45) is 4.78. The summed E-state index contributed by atoms with van der Waals surface area (Å²) in [7, 11) is -1.82. The average molecular weight is 178 g/mol. The Kier molecular flexibility index (Phi) is 1.92. The van der Waals surface area contributed by atoms with Gasteiger partial charge in [-0.1, -0.05) is 0 Å². The van der Waals surface area contributed by atoms with E-state index in [0.29, 0.717) is 5.75 Å². The van der Waals surface area contributed by atoms with Gasteiger partial charge in [0, 0.05) is 11.6 Å². The zero-order chi connectivity index (χ0) is 9.26. The van der Waals surface area contributed by atoms with Crippen LogP contribution in [0.4, 0.5) is 0 Å². The first-order valence-corrected chi connectivity index (χ1v) is 3.71. The van der Waals surface area contributed by atoms with Crippen LogP contribution in [0.3, 0.4) is 0 Å². The number of aromatic nitrogens is 2. The van der Waals surface area contributed by atoms with E-state index in [1.165, 1.54) is 6.20 Å². The number of hydrogen-bond donors (Lipinski definition) is 3. The second kappa shape index (κ2) is 3.08. The number of H-pyrrole nitrogens is 1. The second-order valence-corrected chi connectivity index (χ2v) is 2.52. The molecule has 66 valence electrons. The number of pyridine rings is 1. The molecule has 2 aromatic heterocycles. The molecule has 13 heavy (non-hydrogen) atoms. The highest BCUT2D eigenvalue weighted by Crippen LogP contribution is 2.22. The largest absolute Gasteiger partial charge is 0.707 e. The monoisotopic (exact) mass is 178 g/mol. The van der Waals surface area contributed by atoms with Crippen molar-refractivity contribution in [1.82, 2.24) is 9.97 Å². The third-order valence-electron chi connectivity index (χ3n) is 1.67. The molecule has 2 rings (SSSR count). The van der Waals surface area contributed by atoms with E-state index in [-0.39, 0.29) is 0 Å². The first kappa shape index (κ1) is 8.09. The fraction of sp³-hybridized carbons (Fsp3) is 0. The third kappa shape index (κ3) is 1.49. The van der Waals surface area contributed by atoms with E-state index in [1.807, 2.05) is 0 Å². The first-order chi connectivity index (χ1) is 6.27. The number of nitrogens with zero attached hydrogens (tertiary/aromatic N) is 1. The molecule has 0 saturated heterocycles. The Hall–Kier alpha value is -1.53. The minimum atomic E-state index is -1.82. The Morgan fingerprint density at radius 3 is 3.00 bits per heavy atom. The summed E-state index contributed by atoms with van der Waals surface area (Å²) >= 11 is 0. The van der Waals surface area contributed by atoms with Crippen molar-refractivity contribution in [2.24, 2.45) is 0 Å². The number of rotatable bonds is 2. The molecule has 5 nitrogen and oxygen atoms in total. The average Bonchev–Trinajstić information content (AvgIpc) is 2.51. The molecule has 0 atom stereocenters. The van der Waals surface area contributed by atoms with Crippen molar-refractivity contribution in [1.29, 1.82) is 0 Å². The zero-order valence-electron chi connectivity index (χ0n) is 6.64. The maximum atomic E-state index is 8.60. The van der Waals surface area contributed by atoms with Crippen molar-refractivity contribution < 1.29 is 14.7 Å². The molecule has 2 heterocycles. The van der Waals surface area contributed by atoms with Gasteiger partial charge in [0.25, 0.3) is 0 Å². The third-order valence-corrected chi connectivity index (χ3v) is 1.67. The summed E-state index contributed by atoms with van der Waals surface area (Å²) in [4.78, 5) is 6.79. The molecule has 0 radical (unpaired) electrons. The van der Waals surface area contributed by atoms with Crippen LogP contribution < -0.4 is 4.65 Å². The molecular formula is C7H7BN2O3. The van der Waals surface area contributed by atoms with Crippen LogP contribution in [0.2, 0.25) is 0 Å². The minimum Gasteiger partial charge on any atom is -0.510 e. The van der Waals surface area contributed by atoms with Crippen LogP contribution in [0, 0.1) is 0 Å². The van der Waals surface area contributed by atoms with E-state index >= 15 is 0 Å². The standard InChI is InChI=1S/C7H7BN2O3/c11-8(12)13-7-4-9-3-6-5(7)1-2-10-6/h1-4,10-12H. The van der Waals surface area contributed by atoms with Gasteiger partial charge in [-0.05, 0) is 6.07 Å². The Balaban J connectivity index is 2.48. The van der Waals surface area contributed by atoms with E-state index in [0.717, 1.165) is 10.9 Å². The van der Waals surface area contributed by atoms with Crippen LogP contribution in [0.25, 0.3) is 10.9 Å². The van der Waals surface area contributed by atoms with Crippen LogP contribution >= 0.6 is 0 Å². The molecule has 0 aliphatic rings. The highest BCUT2D eigenvalue weighted by atomic mass is 16.6. The quantitative estimate of drug-likeness (QED) is 0.561. The van der Waals surface area contributed by atoms with Gasteiger partial charge < -0.3 is 19.7 Å². The van der Waals surface area contributed by atoms with Gasteiger partial charge in [0.1, 0.15) is 5.75 Å². The van der Waals surface area contributed by atoms with Crippen molar-refractivity contribution in [2.45, 2.75) is 0 Å². The molecule has 0 saturated carbocycles. The first-order valence-electron chi connectivity index (χ1n) is 3.71. The van der Waals surface area contributed by atoms with E-state index in [2.05, 4.69) is 9.97 Å². The number of hydrogen-bond acceptors (Lipinski definition) is 4. The molecule has 0 fully saturated rings. The maximum absolute atomic E-state index is 8.60. The fourth-order valence-corrected chi connectivity index (χ4v) is 1.16. The molecule has 0 unspecified atom stereocenters. The summed E-state index contributed by atoms with van der Waals surface area (Å²) in [6.45, 7) is 0. The van der Waals surface area contributed by atoms with Gasteiger partial charge in [-0.25, -0.2) is 0 Å². The van der Waals surface area contributed by atoms with Crippen molar-refractivity contribution in [2.75, 3.05) is 0 Å². The smallest absolute Gasteiger partial charge is 0.510 e. The molecule has 0 aliphatic heterocycles. The predicted octanol–water partition coefficient (Wildman–Crippen LogP) is -0.0888. The van der Waals surface area contributed by atoms with Crippen molar-refractivity contribution >= 4 is 18.2 Å². The topological polar surface area (TPSA) is 78.4 Å². The molecule has 0 amide bonds. The molecule has 0 aliphatic carbocycles. The summed E-state index contributed by atoms with van der Waals surface area (Å²) in [5.74, 6) is 0.341. The Labute approximate surface area is 74.2 Å². The molecule has 6 heteroatoms. The van der Waals surface area contributed by atoms with Crippen LogP contribution in [-0.2, 0) is 0 Å². The Morgan fingerprint density at radius 2 is 2.23 bits per heavy atom. The lowest BCUT2D eigenvalue weighted by Gasteiger charge is -2.04. The van der Waals surface area contributed by atoms with Gasteiger partial charge in [0.15, 0.2) is 0 Å². The van der Waals surface area contributed by atoms with Gasteiger partial charge in [-0.2, -0.15) is 0 Å². The lowest BCUT2D eigenvalue weighted by molar-refractivity contribution is 0.289. The van der Waals surface area contributed by atoms with E-state index < -0.39 is 7.32 Å². The summed E-state index contributed by atoms with van der Waals surface area (Å²) < 4.78 is 4.71. The van der Waals surface area contributed by atoms with Crippen LogP contribution in [0.15, 0.2) is 24.7 Å². The summed E-state index contributed by atoms with van der Waals surface area (Å²) in [5.41, 5.74) is 0.790.